The van der Waals surface area contributed by atoms with Crippen molar-refractivity contribution in [2.24, 2.45) is 0 Å². The number of hydrogen-bond donors (Lipinski definition) is 2. The lowest BCUT2D eigenvalue weighted by molar-refractivity contribution is -0.118. The minimum Gasteiger partial charge on any atom is -0.396 e. The number of nitrogens with one attached hydrogen (secondary N) is 1. The van der Waals surface area contributed by atoms with E-state index in [-0.39, 0.29) is 23.8 Å². The second kappa shape index (κ2) is 9.44. The van der Waals surface area contributed by atoms with Gasteiger partial charge in [0, 0.05) is 19.7 Å². The molecule has 2 rings (SSSR count). The summed E-state index contributed by atoms with van der Waals surface area (Å²) < 4.78 is 1.54. The Labute approximate surface area is 145 Å². The Morgan fingerprint density at radius 1 is 1.33 bits per heavy atom. The van der Waals surface area contributed by atoms with Gasteiger partial charge in [0.2, 0.25) is 5.91 Å². The van der Waals surface area contributed by atoms with E-state index in [9.17, 15) is 9.59 Å². The van der Waals surface area contributed by atoms with Crippen LogP contribution in [0.2, 0.25) is 0 Å². The van der Waals surface area contributed by atoms with Gasteiger partial charge in [-0.05, 0) is 25.0 Å². The van der Waals surface area contributed by atoms with E-state index in [1.807, 2.05) is 6.07 Å². The standard InChI is InChI=1S/C17H23N3O3S/c1-2-3-9-18-15(22)12-24-17-19-14-8-5-4-7-13(14)16(23)20(17)10-6-11-21/h4-5,7-8,21H,2-3,6,9-12H2,1H3,(H,18,22). The second-order valence-electron chi connectivity index (χ2n) is 5.44. The van der Waals surface area contributed by atoms with Crippen molar-refractivity contribution < 1.29 is 9.90 Å². The number of nitrogens with zero attached hydrogens (tertiary/aromatic N) is 2. The molecule has 1 aromatic heterocycles. The SMILES string of the molecule is CCCCNC(=O)CSc1nc2ccccc2c(=O)n1CCCO. The first-order valence-electron chi connectivity index (χ1n) is 8.17. The van der Waals surface area contributed by atoms with E-state index in [4.69, 9.17) is 5.11 Å². The van der Waals surface area contributed by atoms with Gasteiger partial charge in [-0.25, -0.2) is 4.98 Å². The molecule has 0 bridgehead atoms. The van der Waals surface area contributed by atoms with Crippen LogP contribution in [0, 0.1) is 0 Å². The van der Waals surface area contributed by atoms with E-state index in [2.05, 4.69) is 17.2 Å². The maximum absolute atomic E-state index is 12.6. The van der Waals surface area contributed by atoms with Crippen LogP contribution in [0.25, 0.3) is 10.9 Å². The molecule has 0 saturated heterocycles. The Kier molecular flexibility index (Phi) is 7.27. The molecule has 1 amide bonds. The molecule has 1 heterocycles. The van der Waals surface area contributed by atoms with Gasteiger partial charge in [0.15, 0.2) is 5.16 Å². The first-order chi connectivity index (χ1) is 11.7. The number of rotatable bonds is 9. The van der Waals surface area contributed by atoms with Gasteiger partial charge in [-0.1, -0.05) is 37.2 Å². The Morgan fingerprint density at radius 3 is 2.88 bits per heavy atom. The molecule has 1 aromatic carbocycles. The van der Waals surface area contributed by atoms with Gasteiger partial charge in [0.1, 0.15) is 0 Å². The van der Waals surface area contributed by atoms with Crippen molar-refractivity contribution in [1.29, 1.82) is 0 Å². The number of benzene rings is 1. The molecule has 2 N–H and O–H groups in total. The molecule has 0 radical (unpaired) electrons. The van der Waals surface area contributed by atoms with Crippen LogP contribution >= 0.6 is 11.8 Å². The van der Waals surface area contributed by atoms with E-state index in [1.165, 1.54) is 11.8 Å². The molecule has 0 unspecified atom stereocenters. The Hall–Kier alpha value is -1.86. The number of fused-ring (bicyclic) bond motifs is 1. The quantitative estimate of drug-likeness (QED) is 0.410. The van der Waals surface area contributed by atoms with Gasteiger partial charge in [-0.2, -0.15) is 0 Å². The van der Waals surface area contributed by atoms with Crippen LogP contribution in [0.5, 0.6) is 0 Å². The highest BCUT2D eigenvalue weighted by Crippen LogP contribution is 2.17. The summed E-state index contributed by atoms with van der Waals surface area (Å²) in [5, 5.41) is 13.0. The van der Waals surface area contributed by atoms with Gasteiger partial charge in [0.05, 0.1) is 16.7 Å². The zero-order valence-electron chi connectivity index (χ0n) is 13.8. The lowest BCUT2D eigenvalue weighted by Crippen LogP contribution is -2.27. The zero-order chi connectivity index (χ0) is 17.4. The Morgan fingerprint density at radius 2 is 2.12 bits per heavy atom. The van der Waals surface area contributed by atoms with E-state index in [0.717, 1.165) is 12.8 Å². The maximum Gasteiger partial charge on any atom is 0.262 e. The summed E-state index contributed by atoms with van der Waals surface area (Å²) in [6, 6.07) is 7.17. The maximum atomic E-state index is 12.6. The summed E-state index contributed by atoms with van der Waals surface area (Å²) in [6.45, 7) is 3.12. The van der Waals surface area contributed by atoms with Crippen LogP contribution < -0.4 is 10.9 Å². The first kappa shape index (κ1) is 18.5. The molecule has 130 valence electrons. The normalized spacial score (nSPS) is 10.9. The number of aromatic nitrogens is 2. The topological polar surface area (TPSA) is 84.2 Å². The number of aliphatic hydroxyl groups excluding tert-OH is 1. The molecule has 0 atom stereocenters. The third-order valence-electron chi connectivity index (χ3n) is 3.55. The molecular weight excluding hydrogens is 326 g/mol. The van der Waals surface area contributed by atoms with Crippen LogP contribution in [0.4, 0.5) is 0 Å². The van der Waals surface area contributed by atoms with Crippen molar-refractivity contribution in [3.8, 4) is 0 Å². The molecule has 0 saturated carbocycles. The molecule has 0 aliphatic rings. The van der Waals surface area contributed by atoms with Crippen LogP contribution in [0.15, 0.2) is 34.2 Å². The molecule has 0 aliphatic heterocycles. The molecule has 0 spiro atoms. The molecule has 7 heteroatoms. The average Bonchev–Trinajstić information content (AvgIpc) is 2.59. The summed E-state index contributed by atoms with van der Waals surface area (Å²) in [5.74, 6) is 0.151. The summed E-state index contributed by atoms with van der Waals surface area (Å²) in [6.07, 6.45) is 2.45. The molecule has 2 aromatic rings. The molecule has 24 heavy (non-hydrogen) atoms. The second-order valence-corrected chi connectivity index (χ2v) is 6.38. The highest BCUT2D eigenvalue weighted by atomic mass is 32.2. The Bertz CT molecular complexity index is 745. The van der Waals surface area contributed by atoms with E-state index in [1.54, 1.807) is 22.8 Å². The summed E-state index contributed by atoms with van der Waals surface area (Å²) in [4.78, 5) is 29.0. The van der Waals surface area contributed by atoms with Gasteiger partial charge >= 0.3 is 0 Å². The fourth-order valence-corrected chi connectivity index (χ4v) is 3.12. The van der Waals surface area contributed by atoms with Crippen molar-refractivity contribution >= 4 is 28.6 Å². The molecule has 0 aliphatic carbocycles. The average molecular weight is 349 g/mol. The van der Waals surface area contributed by atoms with Crippen LogP contribution in [-0.4, -0.2) is 39.5 Å². The fourth-order valence-electron chi connectivity index (χ4n) is 2.27. The number of aliphatic hydroxyl groups is 1. The summed E-state index contributed by atoms with van der Waals surface area (Å²) in [7, 11) is 0. The summed E-state index contributed by atoms with van der Waals surface area (Å²) in [5.41, 5.74) is 0.486. The van der Waals surface area contributed by atoms with E-state index in [0.29, 0.717) is 35.6 Å². The number of para-hydroxylation sites is 1. The number of unbranched alkanes of at least 4 members (excludes halogenated alkanes) is 1. The zero-order valence-corrected chi connectivity index (χ0v) is 14.6. The van der Waals surface area contributed by atoms with Crippen molar-refractivity contribution in [3.63, 3.8) is 0 Å². The largest absolute Gasteiger partial charge is 0.396 e. The lowest BCUT2D eigenvalue weighted by Gasteiger charge is -2.12. The van der Waals surface area contributed by atoms with Crippen molar-refractivity contribution in [1.82, 2.24) is 14.9 Å². The van der Waals surface area contributed by atoms with Crippen molar-refractivity contribution in [2.75, 3.05) is 18.9 Å². The van der Waals surface area contributed by atoms with Crippen LogP contribution in [0.1, 0.15) is 26.2 Å². The number of carbonyl (C=O) groups is 1. The van der Waals surface area contributed by atoms with Crippen molar-refractivity contribution in [3.05, 3.63) is 34.6 Å². The van der Waals surface area contributed by atoms with Gasteiger partial charge in [0.25, 0.3) is 5.56 Å². The van der Waals surface area contributed by atoms with E-state index >= 15 is 0 Å². The summed E-state index contributed by atoms with van der Waals surface area (Å²) >= 11 is 1.25. The third-order valence-corrected chi connectivity index (χ3v) is 4.53. The lowest BCUT2D eigenvalue weighted by atomic mass is 10.2. The molecule has 0 fully saturated rings. The molecule has 6 nitrogen and oxygen atoms in total. The number of amides is 1. The highest BCUT2D eigenvalue weighted by Gasteiger charge is 2.12. The van der Waals surface area contributed by atoms with E-state index < -0.39 is 0 Å². The number of hydrogen-bond acceptors (Lipinski definition) is 5. The smallest absolute Gasteiger partial charge is 0.262 e. The number of thioether (sulfide) groups is 1. The molecular formula is C17H23N3O3S. The van der Waals surface area contributed by atoms with Gasteiger partial charge in [-0.15, -0.1) is 0 Å². The third kappa shape index (κ3) is 4.82. The minimum absolute atomic E-state index is 0.000870. The van der Waals surface area contributed by atoms with Gasteiger partial charge in [-0.3, -0.25) is 14.2 Å². The minimum atomic E-state index is -0.136. The fraction of sp³-hybridized carbons (Fsp3) is 0.471. The monoisotopic (exact) mass is 349 g/mol. The van der Waals surface area contributed by atoms with Crippen LogP contribution in [0.3, 0.4) is 0 Å². The highest BCUT2D eigenvalue weighted by molar-refractivity contribution is 7.99. The van der Waals surface area contributed by atoms with Crippen LogP contribution in [-0.2, 0) is 11.3 Å². The van der Waals surface area contributed by atoms with Crippen molar-refractivity contribution in [2.45, 2.75) is 37.9 Å². The number of carbonyl (C=O) groups excluding carboxylic acids is 1. The predicted molar refractivity (Wildman–Crippen MR) is 96.3 cm³/mol. The first-order valence-corrected chi connectivity index (χ1v) is 9.16. The Balaban J connectivity index is 2.20. The van der Waals surface area contributed by atoms with Gasteiger partial charge < -0.3 is 10.4 Å². The predicted octanol–water partition coefficient (Wildman–Crippen LogP) is 1.79.